The summed E-state index contributed by atoms with van der Waals surface area (Å²) in [5.41, 5.74) is 2.67. The molecule has 1 aromatic heterocycles. The number of ether oxygens (including phenoxy) is 2. The van der Waals surface area contributed by atoms with Crippen molar-refractivity contribution in [3.05, 3.63) is 65.9 Å². The molecule has 0 fully saturated rings. The third kappa shape index (κ3) is 4.98. The number of ketones is 1. The van der Waals surface area contributed by atoms with Crippen molar-refractivity contribution < 1.29 is 14.3 Å². The Kier molecular flexibility index (Phi) is 5.66. The maximum absolute atomic E-state index is 12.1. The lowest BCUT2D eigenvalue weighted by Crippen LogP contribution is -2.21. The maximum atomic E-state index is 12.1. The van der Waals surface area contributed by atoms with Gasteiger partial charge in [0.2, 0.25) is 0 Å². The highest BCUT2D eigenvalue weighted by Crippen LogP contribution is 2.27. The summed E-state index contributed by atoms with van der Waals surface area (Å²) in [5.74, 6) is 0.813. The third-order valence-electron chi connectivity index (χ3n) is 4.35. The molecule has 2 aromatic carbocycles. The standard InChI is InChI=1S/C23H27NO3/c1-17(25)21-15-24(12-13-27-23(2,3)4)22-11-10-19(14-20(21)22)26-16-18-8-6-5-7-9-18/h5-11,14-15H,12-13,16H2,1-4H3. The van der Waals surface area contributed by atoms with Gasteiger partial charge in [-0.05, 0) is 51.5 Å². The monoisotopic (exact) mass is 365 g/mol. The van der Waals surface area contributed by atoms with E-state index in [4.69, 9.17) is 9.47 Å². The molecular formula is C23H27NO3. The van der Waals surface area contributed by atoms with E-state index in [1.807, 2.05) is 75.5 Å². The fourth-order valence-electron chi connectivity index (χ4n) is 3.02. The Bertz CT molecular complexity index is 920. The number of benzene rings is 2. The van der Waals surface area contributed by atoms with Crippen molar-refractivity contribution in [3.8, 4) is 5.75 Å². The van der Waals surface area contributed by atoms with Crippen LogP contribution in [0.1, 0.15) is 43.6 Å². The van der Waals surface area contributed by atoms with Crippen molar-refractivity contribution in [1.82, 2.24) is 4.57 Å². The van der Waals surface area contributed by atoms with E-state index >= 15 is 0 Å². The predicted molar refractivity (Wildman–Crippen MR) is 108 cm³/mol. The lowest BCUT2D eigenvalue weighted by molar-refractivity contribution is -0.00646. The number of rotatable bonds is 7. The van der Waals surface area contributed by atoms with Crippen molar-refractivity contribution >= 4 is 16.7 Å². The number of fused-ring (bicyclic) bond motifs is 1. The van der Waals surface area contributed by atoms with Gasteiger partial charge in [0.25, 0.3) is 0 Å². The molecule has 3 aromatic rings. The van der Waals surface area contributed by atoms with Crippen molar-refractivity contribution in [1.29, 1.82) is 0 Å². The topological polar surface area (TPSA) is 40.5 Å². The fourth-order valence-corrected chi connectivity index (χ4v) is 3.02. The zero-order chi connectivity index (χ0) is 19.4. The SMILES string of the molecule is CC(=O)c1cn(CCOC(C)(C)C)c2ccc(OCc3ccccc3)cc12. The maximum Gasteiger partial charge on any atom is 0.161 e. The van der Waals surface area contributed by atoms with Crippen molar-refractivity contribution in [2.24, 2.45) is 0 Å². The summed E-state index contributed by atoms with van der Waals surface area (Å²) >= 11 is 0. The second-order valence-corrected chi connectivity index (χ2v) is 7.71. The number of carbonyl (C=O) groups is 1. The zero-order valence-electron chi connectivity index (χ0n) is 16.5. The summed E-state index contributed by atoms with van der Waals surface area (Å²) in [7, 11) is 0. The van der Waals surface area contributed by atoms with E-state index in [0.29, 0.717) is 25.3 Å². The van der Waals surface area contributed by atoms with E-state index < -0.39 is 0 Å². The quantitative estimate of drug-likeness (QED) is 0.538. The van der Waals surface area contributed by atoms with Gasteiger partial charge in [-0.25, -0.2) is 0 Å². The Balaban J connectivity index is 1.81. The Morgan fingerprint density at radius 2 is 1.81 bits per heavy atom. The van der Waals surface area contributed by atoms with Crippen LogP contribution in [0.2, 0.25) is 0 Å². The van der Waals surface area contributed by atoms with Crippen LogP contribution in [-0.4, -0.2) is 22.6 Å². The van der Waals surface area contributed by atoms with Crippen LogP contribution in [0, 0.1) is 0 Å². The second-order valence-electron chi connectivity index (χ2n) is 7.71. The van der Waals surface area contributed by atoms with E-state index in [9.17, 15) is 4.79 Å². The van der Waals surface area contributed by atoms with Gasteiger partial charge < -0.3 is 14.0 Å². The molecule has 0 N–H and O–H groups in total. The average Bonchev–Trinajstić information content (AvgIpc) is 2.98. The molecule has 0 unspecified atom stereocenters. The summed E-state index contributed by atoms with van der Waals surface area (Å²) in [6.45, 7) is 9.51. The zero-order valence-corrected chi connectivity index (χ0v) is 16.5. The predicted octanol–water partition coefficient (Wildman–Crippen LogP) is 5.24. The van der Waals surface area contributed by atoms with Crippen LogP contribution in [0.4, 0.5) is 0 Å². The number of Topliss-reactive ketones (excluding diaryl/α,β-unsaturated/α-hetero) is 1. The van der Waals surface area contributed by atoms with Crippen molar-refractivity contribution in [2.45, 2.75) is 46.4 Å². The fraction of sp³-hybridized carbons (Fsp3) is 0.348. The summed E-state index contributed by atoms with van der Waals surface area (Å²) in [4.78, 5) is 12.1. The summed E-state index contributed by atoms with van der Waals surface area (Å²) in [5, 5.41) is 0.920. The van der Waals surface area contributed by atoms with Gasteiger partial charge >= 0.3 is 0 Å². The van der Waals surface area contributed by atoms with Crippen LogP contribution >= 0.6 is 0 Å². The van der Waals surface area contributed by atoms with Gasteiger partial charge in [0.05, 0.1) is 12.2 Å². The van der Waals surface area contributed by atoms with Crippen molar-refractivity contribution in [2.75, 3.05) is 6.61 Å². The Morgan fingerprint density at radius 3 is 2.48 bits per heavy atom. The summed E-state index contributed by atoms with van der Waals surface area (Å²) < 4.78 is 13.8. The second kappa shape index (κ2) is 7.97. The van der Waals surface area contributed by atoms with Gasteiger partial charge in [0.1, 0.15) is 12.4 Å². The van der Waals surface area contributed by atoms with Gasteiger partial charge in [-0.1, -0.05) is 30.3 Å². The molecule has 27 heavy (non-hydrogen) atoms. The van der Waals surface area contributed by atoms with Gasteiger partial charge in [-0.3, -0.25) is 4.79 Å². The highest BCUT2D eigenvalue weighted by Gasteiger charge is 2.14. The Morgan fingerprint density at radius 1 is 1.07 bits per heavy atom. The molecule has 0 atom stereocenters. The normalized spacial score (nSPS) is 11.7. The average molecular weight is 365 g/mol. The van der Waals surface area contributed by atoms with Crippen LogP contribution in [-0.2, 0) is 17.9 Å². The van der Waals surface area contributed by atoms with E-state index in [1.54, 1.807) is 6.92 Å². The first-order valence-electron chi connectivity index (χ1n) is 9.28. The smallest absolute Gasteiger partial charge is 0.161 e. The largest absolute Gasteiger partial charge is 0.489 e. The minimum atomic E-state index is -0.176. The first-order chi connectivity index (χ1) is 12.8. The van der Waals surface area contributed by atoms with Gasteiger partial charge in [-0.15, -0.1) is 0 Å². The molecule has 0 amide bonds. The minimum absolute atomic E-state index is 0.0516. The molecular weight excluding hydrogens is 338 g/mol. The molecule has 0 radical (unpaired) electrons. The van der Waals surface area contributed by atoms with Gasteiger partial charge in [-0.2, -0.15) is 0 Å². The van der Waals surface area contributed by atoms with Gasteiger partial charge in [0, 0.05) is 29.2 Å². The van der Waals surface area contributed by atoms with Crippen LogP contribution in [0.3, 0.4) is 0 Å². The van der Waals surface area contributed by atoms with E-state index in [-0.39, 0.29) is 11.4 Å². The van der Waals surface area contributed by atoms with E-state index in [1.165, 1.54) is 0 Å². The van der Waals surface area contributed by atoms with Crippen LogP contribution in [0.5, 0.6) is 5.75 Å². The van der Waals surface area contributed by atoms with E-state index in [0.717, 1.165) is 22.2 Å². The van der Waals surface area contributed by atoms with Gasteiger partial charge in [0.15, 0.2) is 5.78 Å². The summed E-state index contributed by atoms with van der Waals surface area (Å²) in [6, 6.07) is 16.0. The summed E-state index contributed by atoms with van der Waals surface area (Å²) in [6.07, 6.45) is 1.92. The minimum Gasteiger partial charge on any atom is -0.489 e. The Hall–Kier alpha value is -2.59. The lowest BCUT2D eigenvalue weighted by Gasteiger charge is -2.19. The molecule has 0 saturated carbocycles. The molecule has 4 heteroatoms. The number of aromatic nitrogens is 1. The molecule has 0 aliphatic carbocycles. The lowest BCUT2D eigenvalue weighted by atomic mass is 10.1. The van der Waals surface area contributed by atoms with E-state index in [2.05, 4.69) is 4.57 Å². The third-order valence-corrected chi connectivity index (χ3v) is 4.35. The molecule has 0 aliphatic rings. The van der Waals surface area contributed by atoms with Crippen LogP contribution in [0.25, 0.3) is 10.9 Å². The molecule has 3 rings (SSSR count). The first-order valence-corrected chi connectivity index (χ1v) is 9.28. The molecule has 0 spiro atoms. The van der Waals surface area contributed by atoms with Crippen molar-refractivity contribution in [3.63, 3.8) is 0 Å². The number of hydrogen-bond donors (Lipinski definition) is 0. The molecule has 1 heterocycles. The molecule has 0 aliphatic heterocycles. The highest BCUT2D eigenvalue weighted by atomic mass is 16.5. The van der Waals surface area contributed by atoms with Crippen LogP contribution in [0.15, 0.2) is 54.7 Å². The first kappa shape index (κ1) is 19.2. The molecule has 0 saturated heterocycles. The van der Waals surface area contributed by atoms with Crippen LogP contribution < -0.4 is 4.74 Å². The number of nitrogens with zero attached hydrogens (tertiary/aromatic N) is 1. The molecule has 4 nitrogen and oxygen atoms in total. The number of carbonyl (C=O) groups excluding carboxylic acids is 1. The number of hydrogen-bond acceptors (Lipinski definition) is 3. The molecule has 142 valence electrons. The Labute approximate surface area is 160 Å². The highest BCUT2D eigenvalue weighted by molar-refractivity contribution is 6.07. The molecule has 0 bridgehead atoms.